The molecule has 0 atom stereocenters. The van der Waals surface area contributed by atoms with Crippen molar-refractivity contribution in [1.82, 2.24) is 10.3 Å². The van der Waals surface area contributed by atoms with Gasteiger partial charge in [0.25, 0.3) is 5.91 Å². The van der Waals surface area contributed by atoms with Gasteiger partial charge in [0.05, 0.1) is 0 Å². The molecule has 22 heavy (non-hydrogen) atoms. The molecule has 2 N–H and O–H groups in total. The lowest BCUT2D eigenvalue weighted by Crippen LogP contribution is -2.17. The van der Waals surface area contributed by atoms with E-state index in [2.05, 4.69) is 15.6 Å². The highest BCUT2D eigenvalue weighted by molar-refractivity contribution is 6.01. The minimum absolute atomic E-state index is 0.140. The second-order valence-corrected chi connectivity index (χ2v) is 4.69. The Labute approximate surface area is 129 Å². The highest BCUT2D eigenvalue weighted by atomic mass is 16.2. The van der Waals surface area contributed by atoms with E-state index in [4.69, 9.17) is 0 Å². The number of aryl methyl sites for hydroxylation is 1. The van der Waals surface area contributed by atoms with E-state index in [1.807, 2.05) is 19.1 Å². The molecule has 2 amide bonds. The van der Waals surface area contributed by atoms with Crippen molar-refractivity contribution in [1.29, 1.82) is 0 Å². The Morgan fingerprint density at radius 1 is 1.09 bits per heavy atom. The fourth-order valence-corrected chi connectivity index (χ4v) is 1.84. The summed E-state index contributed by atoms with van der Waals surface area (Å²) in [6.45, 7) is 1.86. The highest BCUT2D eigenvalue weighted by Gasteiger charge is 2.02. The summed E-state index contributed by atoms with van der Waals surface area (Å²) in [5.41, 5.74) is 2.25. The largest absolute Gasteiger partial charge is 0.355 e. The molecule has 0 radical (unpaired) electrons. The van der Waals surface area contributed by atoms with Crippen LogP contribution in [-0.2, 0) is 4.79 Å². The number of carbonyl (C=O) groups is 2. The van der Waals surface area contributed by atoms with Crippen LogP contribution in [0.15, 0.2) is 48.5 Å². The summed E-state index contributed by atoms with van der Waals surface area (Å²) in [7, 11) is 1.58. The van der Waals surface area contributed by atoms with Gasteiger partial charge in [-0.25, -0.2) is 4.98 Å². The Morgan fingerprint density at radius 3 is 2.45 bits per heavy atom. The van der Waals surface area contributed by atoms with Crippen molar-refractivity contribution in [2.75, 3.05) is 12.4 Å². The fourth-order valence-electron chi connectivity index (χ4n) is 1.84. The van der Waals surface area contributed by atoms with E-state index < -0.39 is 0 Å². The summed E-state index contributed by atoms with van der Waals surface area (Å²) >= 11 is 0. The average molecular weight is 295 g/mol. The summed E-state index contributed by atoms with van der Waals surface area (Å²) in [5.74, 6) is 0.122. The number of benzene rings is 1. The van der Waals surface area contributed by atoms with E-state index in [1.54, 1.807) is 43.5 Å². The number of nitrogens with zero attached hydrogens (tertiary/aromatic N) is 1. The molecule has 0 aliphatic carbocycles. The molecule has 0 spiro atoms. The number of nitrogens with one attached hydrogen (secondary N) is 2. The summed E-state index contributed by atoms with van der Waals surface area (Å²) in [6, 6.07) is 12.4. The van der Waals surface area contributed by atoms with E-state index in [-0.39, 0.29) is 11.8 Å². The Morgan fingerprint density at radius 2 is 1.82 bits per heavy atom. The Bertz CT molecular complexity index is 706. The molecule has 0 aliphatic heterocycles. The molecule has 112 valence electrons. The zero-order valence-corrected chi connectivity index (χ0v) is 12.5. The maximum atomic E-state index is 11.8. The van der Waals surface area contributed by atoms with Gasteiger partial charge in [-0.15, -0.1) is 0 Å². The van der Waals surface area contributed by atoms with Gasteiger partial charge < -0.3 is 10.6 Å². The molecule has 5 nitrogen and oxygen atoms in total. The van der Waals surface area contributed by atoms with Crippen LogP contribution in [0.5, 0.6) is 0 Å². The predicted molar refractivity (Wildman–Crippen MR) is 86.5 cm³/mol. The van der Waals surface area contributed by atoms with Crippen LogP contribution < -0.4 is 10.6 Å². The van der Waals surface area contributed by atoms with Gasteiger partial charge in [0, 0.05) is 24.4 Å². The van der Waals surface area contributed by atoms with E-state index in [1.165, 1.54) is 6.08 Å². The van der Waals surface area contributed by atoms with Crippen LogP contribution in [0.2, 0.25) is 0 Å². The van der Waals surface area contributed by atoms with E-state index >= 15 is 0 Å². The van der Waals surface area contributed by atoms with Crippen molar-refractivity contribution in [3.05, 3.63) is 65.4 Å². The van der Waals surface area contributed by atoms with Gasteiger partial charge in [-0.1, -0.05) is 18.2 Å². The first-order valence-corrected chi connectivity index (χ1v) is 6.83. The molecule has 2 rings (SSSR count). The average Bonchev–Trinajstić information content (AvgIpc) is 2.52. The topological polar surface area (TPSA) is 71.1 Å². The Kier molecular flexibility index (Phi) is 5.03. The molecule has 5 heteroatoms. The fraction of sp³-hybridized carbons (Fsp3) is 0.118. The molecular weight excluding hydrogens is 278 g/mol. The minimum atomic E-state index is -0.256. The van der Waals surface area contributed by atoms with E-state index in [0.717, 1.165) is 11.3 Å². The number of anilines is 1. The van der Waals surface area contributed by atoms with Crippen molar-refractivity contribution >= 4 is 23.7 Å². The third-order valence-corrected chi connectivity index (χ3v) is 2.97. The molecular formula is C17H17N3O2. The first kappa shape index (κ1) is 15.4. The van der Waals surface area contributed by atoms with Crippen molar-refractivity contribution in [3.8, 4) is 0 Å². The third-order valence-electron chi connectivity index (χ3n) is 2.97. The Hall–Kier alpha value is -2.95. The van der Waals surface area contributed by atoms with Gasteiger partial charge in [-0.05, 0) is 42.8 Å². The van der Waals surface area contributed by atoms with Crippen LogP contribution in [0.25, 0.3) is 6.08 Å². The lowest BCUT2D eigenvalue weighted by atomic mass is 10.1. The molecule has 0 unspecified atom stereocenters. The van der Waals surface area contributed by atoms with Crippen LogP contribution in [0.3, 0.4) is 0 Å². The lowest BCUT2D eigenvalue weighted by molar-refractivity contribution is -0.111. The van der Waals surface area contributed by atoms with E-state index in [9.17, 15) is 9.59 Å². The molecule has 0 fully saturated rings. The normalized spacial score (nSPS) is 10.5. The monoisotopic (exact) mass is 295 g/mol. The summed E-state index contributed by atoms with van der Waals surface area (Å²) in [5, 5.41) is 5.25. The minimum Gasteiger partial charge on any atom is -0.355 e. The van der Waals surface area contributed by atoms with Crippen molar-refractivity contribution < 1.29 is 9.59 Å². The number of amides is 2. The molecule has 1 aromatic carbocycles. The number of hydrogen-bond acceptors (Lipinski definition) is 3. The molecule has 0 saturated heterocycles. The van der Waals surface area contributed by atoms with E-state index in [0.29, 0.717) is 11.4 Å². The van der Waals surface area contributed by atoms with Crippen molar-refractivity contribution in [2.45, 2.75) is 6.92 Å². The zero-order chi connectivity index (χ0) is 15.9. The quantitative estimate of drug-likeness (QED) is 0.851. The molecule has 1 heterocycles. The summed E-state index contributed by atoms with van der Waals surface area (Å²) in [4.78, 5) is 27.4. The first-order valence-electron chi connectivity index (χ1n) is 6.83. The number of pyridine rings is 1. The highest BCUT2D eigenvalue weighted by Crippen LogP contribution is 2.07. The predicted octanol–water partition coefficient (Wildman–Crippen LogP) is 2.40. The summed E-state index contributed by atoms with van der Waals surface area (Å²) < 4.78 is 0. The second-order valence-electron chi connectivity index (χ2n) is 4.69. The van der Waals surface area contributed by atoms with Gasteiger partial charge in [-0.2, -0.15) is 0 Å². The third kappa shape index (κ3) is 4.28. The molecule has 0 saturated carbocycles. The molecule has 0 aliphatic rings. The van der Waals surface area contributed by atoms with Crippen LogP contribution in [0.4, 0.5) is 5.82 Å². The van der Waals surface area contributed by atoms with Crippen LogP contribution in [0, 0.1) is 6.92 Å². The summed E-state index contributed by atoms with van der Waals surface area (Å²) in [6.07, 6.45) is 3.11. The number of aromatic nitrogens is 1. The van der Waals surface area contributed by atoms with Crippen LogP contribution in [-0.4, -0.2) is 23.8 Å². The van der Waals surface area contributed by atoms with Gasteiger partial charge >= 0.3 is 0 Å². The number of carbonyl (C=O) groups excluding carboxylic acids is 2. The standard InChI is InChI=1S/C17H17N3O2/c1-12-4-3-5-15(19-12)20-16(21)11-8-13-6-9-14(10-7-13)17(22)18-2/h3-11H,1-2H3,(H,18,22)(H,19,20,21)/b11-8+. The second kappa shape index (κ2) is 7.17. The SMILES string of the molecule is CNC(=O)c1ccc(/C=C/C(=O)Nc2cccc(C)n2)cc1. The lowest BCUT2D eigenvalue weighted by Gasteiger charge is -2.02. The molecule has 2 aromatic rings. The Balaban J connectivity index is 1.99. The van der Waals surface area contributed by atoms with Crippen molar-refractivity contribution in [3.63, 3.8) is 0 Å². The van der Waals surface area contributed by atoms with Gasteiger partial charge in [0.15, 0.2) is 0 Å². The maximum Gasteiger partial charge on any atom is 0.251 e. The number of rotatable bonds is 4. The number of hydrogen-bond donors (Lipinski definition) is 2. The molecule has 1 aromatic heterocycles. The van der Waals surface area contributed by atoms with Crippen LogP contribution >= 0.6 is 0 Å². The van der Waals surface area contributed by atoms with Gasteiger partial charge in [0.2, 0.25) is 5.91 Å². The van der Waals surface area contributed by atoms with Gasteiger partial charge in [-0.3, -0.25) is 9.59 Å². The van der Waals surface area contributed by atoms with Gasteiger partial charge in [0.1, 0.15) is 5.82 Å². The smallest absolute Gasteiger partial charge is 0.251 e. The maximum absolute atomic E-state index is 11.8. The zero-order valence-electron chi connectivity index (χ0n) is 12.5. The van der Waals surface area contributed by atoms with Crippen molar-refractivity contribution in [2.24, 2.45) is 0 Å². The molecule has 0 bridgehead atoms. The first-order chi connectivity index (χ1) is 10.6. The van der Waals surface area contributed by atoms with Crippen LogP contribution in [0.1, 0.15) is 21.6 Å².